The molecule has 0 spiro atoms. The minimum absolute atomic E-state index is 0.0443. The number of nitrogens with one attached hydrogen (secondary N) is 2. The number of thioether (sulfide) groups is 1. The Morgan fingerprint density at radius 3 is 2.23 bits per heavy atom. The molecule has 1 aliphatic rings. The molecule has 1 aromatic heterocycles. The number of anilines is 2. The third kappa shape index (κ3) is 8.58. The van der Waals surface area contributed by atoms with Crippen molar-refractivity contribution in [1.82, 2.24) is 15.3 Å². The summed E-state index contributed by atoms with van der Waals surface area (Å²) < 4.78 is 1.88. The Kier molecular flexibility index (Phi) is 10.7. The Hall–Kier alpha value is -2.95. The highest BCUT2D eigenvalue weighted by molar-refractivity contribution is 9.10. The third-order valence-corrected chi connectivity index (χ3v) is 9.94. The van der Waals surface area contributed by atoms with Crippen molar-refractivity contribution < 1.29 is 9.59 Å². The topological polar surface area (TPSA) is 87.2 Å². The van der Waals surface area contributed by atoms with E-state index in [1.54, 1.807) is 12.1 Å². The summed E-state index contributed by atoms with van der Waals surface area (Å²) in [7, 11) is 3.99. The van der Waals surface area contributed by atoms with E-state index in [0.717, 1.165) is 56.2 Å². The molecule has 1 amide bonds. The Bertz CT molecular complexity index is 1560. The number of benzene rings is 3. The molecule has 3 aromatic carbocycles. The van der Waals surface area contributed by atoms with E-state index >= 15 is 0 Å². The van der Waals surface area contributed by atoms with Crippen LogP contribution in [-0.4, -0.2) is 53.6 Å². The molecule has 1 aliphatic carbocycles. The van der Waals surface area contributed by atoms with Crippen LogP contribution in [0.1, 0.15) is 42.5 Å². The molecule has 224 valence electrons. The number of hydrogen-bond donors (Lipinski definition) is 2. The maximum absolute atomic E-state index is 13.4. The molecule has 1 unspecified atom stereocenters. The van der Waals surface area contributed by atoms with Crippen molar-refractivity contribution in [3.8, 4) is 0 Å². The number of Topliss-reactive ketones (excluding diaryl/α,β-unsaturated/α-hetero) is 1. The summed E-state index contributed by atoms with van der Waals surface area (Å²) in [6.45, 7) is 0.604. The van der Waals surface area contributed by atoms with Gasteiger partial charge in [0.1, 0.15) is 5.82 Å². The second-order valence-corrected chi connectivity index (χ2v) is 14.2. The number of carbonyl (C=O) groups is 2. The van der Waals surface area contributed by atoms with E-state index in [2.05, 4.69) is 42.5 Å². The van der Waals surface area contributed by atoms with Gasteiger partial charge in [0.05, 0.1) is 10.8 Å². The molecule has 5 rings (SSSR count). The van der Waals surface area contributed by atoms with Gasteiger partial charge in [0.2, 0.25) is 11.9 Å². The van der Waals surface area contributed by atoms with Crippen molar-refractivity contribution in [2.24, 2.45) is 5.92 Å². The molecule has 0 aliphatic heterocycles. The molecule has 7 nitrogen and oxygen atoms in total. The summed E-state index contributed by atoms with van der Waals surface area (Å²) in [6, 6.07) is 23.5. The van der Waals surface area contributed by atoms with Crippen LogP contribution in [0.5, 0.6) is 0 Å². The van der Waals surface area contributed by atoms with Crippen LogP contribution in [0.3, 0.4) is 0 Å². The van der Waals surface area contributed by atoms with E-state index in [9.17, 15) is 9.59 Å². The highest BCUT2D eigenvalue weighted by atomic mass is 79.9. The minimum Gasteiger partial charge on any atom is -0.362 e. The van der Waals surface area contributed by atoms with Gasteiger partial charge in [-0.15, -0.1) is 11.8 Å². The summed E-state index contributed by atoms with van der Waals surface area (Å²) in [5.41, 5.74) is 1.53. The summed E-state index contributed by atoms with van der Waals surface area (Å²) in [5.74, 6) is 1.80. The maximum Gasteiger partial charge on any atom is 0.233 e. The van der Waals surface area contributed by atoms with Gasteiger partial charge in [-0.3, -0.25) is 9.59 Å². The first-order valence-electron chi connectivity index (χ1n) is 14.4. The number of nitrogens with zero attached hydrogens (tertiary/aromatic N) is 3. The number of rotatable bonds is 11. The first-order valence-corrected chi connectivity index (χ1v) is 16.9. The number of halogens is 2. The molecule has 0 bridgehead atoms. The summed E-state index contributed by atoms with van der Waals surface area (Å²) in [5, 5.41) is 7.25. The highest BCUT2D eigenvalue weighted by Crippen LogP contribution is 2.30. The van der Waals surface area contributed by atoms with Crippen molar-refractivity contribution in [3.63, 3.8) is 0 Å². The molecule has 0 radical (unpaired) electrons. The summed E-state index contributed by atoms with van der Waals surface area (Å²) in [6.07, 6.45) is 4.08. The van der Waals surface area contributed by atoms with E-state index in [4.69, 9.17) is 9.97 Å². The lowest BCUT2D eigenvalue weighted by Crippen LogP contribution is -2.39. The van der Waals surface area contributed by atoms with Gasteiger partial charge in [-0.25, -0.2) is 4.98 Å². The van der Waals surface area contributed by atoms with Crippen LogP contribution in [-0.2, 0) is 4.79 Å². The Balaban J connectivity index is 1.17. The van der Waals surface area contributed by atoms with E-state index in [0.29, 0.717) is 24.0 Å². The van der Waals surface area contributed by atoms with Crippen molar-refractivity contribution >= 4 is 78.0 Å². The third-order valence-electron chi connectivity index (χ3n) is 7.67. The molecule has 2 N–H and O–H groups in total. The van der Waals surface area contributed by atoms with Gasteiger partial charge in [-0.2, -0.15) is 4.98 Å². The number of aromatic nitrogens is 2. The fraction of sp³-hybridized carbons (Fsp3) is 0.333. The number of ketones is 1. The van der Waals surface area contributed by atoms with Crippen LogP contribution in [0, 0.1) is 5.92 Å². The van der Waals surface area contributed by atoms with Gasteiger partial charge >= 0.3 is 0 Å². The molecular weight excluding hydrogens is 690 g/mol. The van der Waals surface area contributed by atoms with Gasteiger partial charge in [0.25, 0.3) is 0 Å². The highest BCUT2D eigenvalue weighted by Gasteiger charge is 2.27. The zero-order chi connectivity index (χ0) is 30.3. The Morgan fingerprint density at radius 2 is 1.56 bits per heavy atom. The molecule has 4 aromatic rings. The van der Waals surface area contributed by atoms with E-state index in [1.165, 1.54) is 11.8 Å². The number of fused-ring (bicyclic) bond motifs is 1. The van der Waals surface area contributed by atoms with Crippen LogP contribution < -0.4 is 15.5 Å². The maximum atomic E-state index is 13.4. The monoisotopic (exact) mass is 723 g/mol. The fourth-order valence-corrected chi connectivity index (χ4v) is 6.88. The molecule has 10 heteroatoms. The second kappa shape index (κ2) is 14.7. The summed E-state index contributed by atoms with van der Waals surface area (Å²) in [4.78, 5) is 39.1. The van der Waals surface area contributed by atoms with Crippen molar-refractivity contribution in [1.29, 1.82) is 0 Å². The van der Waals surface area contributed by atoms with Gasteiger partial charge in [-0.1, -0.05) is 56.1 Å². The number of hydrogen-bond acceptors (Lipinski definition) is 7. The minimum atomic E-state index is -0.522. The second-order valence-electron chi connectivity index (χ2n) is 11.1. The molecule has 43 heavy (non-hydrogen) atoms. The average Bonchev–Trinajstić information content (AvgIpc) is 3.01. The molecular formula is C33H35Br2N5O2S. The molecule has 1 fully saturated rings. The fourth-order valence-electron chi connectivity index (χ4n) is 5.30. The summed E-state index contributed by atoms with van der Waals surface area (Å²) >= 11 is 8.32. The smallest absolute Gasteiger partial charge is 0.233 e. The SMILES string of the molecule is CN(C)c1nc(NC2CCC(CNC(=O)C(CC(=O)c3ccc(Br)cc3)Sc3ccc(Br)cc3)CC2)nc2ccccc12. The molecule has 0 saturated heterocycles. The van der Waals surface area contributed by atoms with E-state index in [1.807, 2.05) is 79.7 Å². The van der Waals surface area contributed by atoms with Crippen LogP contribution in [0.4, 0.5) is 11.8 Å². The van der Waals surface area contributed by atoms with E-state index < -0.39 is 5.25 Å². The predicted octanol–water partition coefficient (Wildman–Crippen LogP) is 7.74. The van der Waals surface area contributed by atoms with Gasteiger partial charge in [0.15, 0.2) is 5.78 Å². The quantitative estimate of drug-likeness (QED) is 0.121. The lowest BCUT2D eigenvalue weighted by Gasteiger charge is -2.30. The normalized spacial score (nSPS) is 17.3. The molecule has 1 atom stereocenters. The number of carbonyl (C=O) groups excluding carboxylic acids is 2. The molecule has 1 saturated carbocycles. The van der Waals surface area contributed by atoms with E-state index in [-0.39, 0.29) is 24.2 Å². The van der Waals surface area contributed by atoms with Crippen molar-refractivity contribution in [3.05, 3.63) is 87.3 Å². The van der Waals surface area contributed by atoms with Crippen LogP contribution >= 0.6 is 43.6 Å². The van der Waals surface area contributed by atoms with Crippen LogP contribution in [0.2, 0.25) is 0 Å². The largest absolute Gasteiger partial charge is 0.362 e. The lowest BCUT2D eigenvalue weighted by atomic mass is 9.86. The van der Waals surface area contributed by atoms with Crippen molar-refractivity contribution in [2.75, 3.05) is 30.9 Å². The van der Waals surface area contributed by atoms with Gasteiger partial charge < -0.3 is 15.5 Å². The number of amides is 1. The standard InChI is InChI=1S/C33H35Br2N5O2S/c1-40(2)31-27-5-3-4-6-28(27)38-33(39-31)37-25-15-7-21(8-16-25)20-36-32(42)30(43-26-17-13-24(35)14-18-26)19-29(41)22-9-11-23(34)12-10-22/h3-6,9-14,17-18,21,25,30H,7-8,15-16,19-20H2,1-2H3,(H,36,42)(H,37,38,39). The van der Waals surface area contributed by atoms with Crippen molar-refractivity contribution in [2.45, 2.75) is 48.3 Å². The van der Waals surface area contributed by atoms with Crippen LogP contribution in [0.15, 0.2) is 86.6 Å². The predicted molar refractivity (Wildman–Crippen MR) is 183 cm³/mol. The number of para-hydroxylation sites is 1. The zero-order valence-electron chi connectivity index (χ0n) is 24.2. The van der Waals surface area contributed by atoms with Gasteiger partial charge in [-0.05, 0) is 80.1 Å². The average molecular weight is 726 g/mol. The zero-order valence-corrected chi connectivity index (χ0v) is 28.2. The van der Waals surface area contributed by atoms with Crippen LogP contribution in [0.25, 0.3) is 10.9 Å². The Labute approximate surface area is 273 Å². The van der Waals surface area contributed by atoms with Gasteiger partial charge in [0, 0.05) is 57.9 Å². The first kappa shape index (κ1) is 31.5. The molecule has 1 heterocycles. The Morgan fingerprint density at radius 1 is 0.907 bits per heavy atom. The first-order chi connectivity index (χ1) is 20.7. The lowest BCUT2D eigenvalue weighted by molar-refractivity contribution is -0.120.